The molecule has 3 aromatic carbocycles. The van der Waals surface area contributed by atoms with Crippen LogP contribution in [0.25, 0.3) is 21.9 Å². The molecule has 0 amide bonds. The summed E-state index contributed by atoms with van der Waals surface area (Å²) in [5.74, 6) is 0.115. The average molecular weight is 432 g/mol. The van der Waals surface area contributed by atoms with Crippen LogP contribution >= 0.6 is 0 Å². The lowest BCUT2D eigenvalue weighted by Gasteiger charge is -2.12. The van der Waals surface area contributed by atoms with E-state index in [1.54, 1.807) is 60.7 Å². The maximum Gasteiger partial charge on any atom is 0.268 e. The summed E-state index contributed by atoms with van der Waals surface area (Å²) in [6.45, 7) is 0. The van der Waals surface area contributed by atoms with E-state index >= 15 is 0 Å². The Morgan fingerprint density at radius 3 is 2.48 bits per heavy atom. The summed E-state index contributed by atoms with van der Waals surface area (Å²) in [7, 11) is -2.51. The first-order valence-electron chi connectivity index (χ1n) is 9.34. The van der Waals surface area contributed by atoms with E-state index in [1.165, 1.54) is 19.2 Å². The molecule has 0 unspecified atom stereocenters. The third-order valence-electron chi connectivity index (χ3n) is 5.06. The third kappa shape index (κ3) is 3.06. The molecule has 2 aromatic heterocycles. The number of aromatic nitrogens is 4. The number of hydrogen-bond donors (Lipinski definition) is 1. The summed E-state index contributed by atoms with van der Waals surface area (Å²) in [4.78, 5) is 13.5. The molecule has 5 aromatic rings. The second-order valence-electron chi connectivity index (χ2n) is 6.89. The molecule has 31 heavy (non-hydrogen) atoms. The van der Waals surface area contributed by atoms with E-state index in [0.717, 1.165) is 3.97 Å². The quantitative estimate of drug-likeness (QED) is 0.427. The van der Waals surface area contributed by atoms with Crippen LogP contribution in [0.5, 0.6) is 5.75 Å². The van der Waals surface area contributed by atoms with Crippen LogP contribution in [-0.2, 0) is 10.0 Å². The molecule has 0 radical (unpaired) electrons. The number of nitrogens with zero attached hydrogens (tertiary/aromatic N) is 3. The Balaban J connectivity index is 1.77. The zero-order chi connectivity index (χ0) is 21.6. The topological polar surface area (TPSA) is 107 Å². The fourth-order valence-electron chi connectivity index (χ4n) is 3.54. The van der Waals surface area contributed by atoms with Crippen LogP contribution in [0.15, 0.2) is 77.7 Å². The van der Waals surface area contributed by atoms with Crippen LogP contribution in [0.4, 0.5) is 0 Å². The van der Waals surface area contributed by atoms with Gasteiger partial charge in [-0.05, 0) is 54.6 Å². The molecule has 0 atom stereocenters. The molecule has 0 saturated heterocycles. The number of H-pyrrole nitrogens is 1. The first kappa shape index (κ1) is 19.0. The second-order valence-corrected chi connectivity index (χ2v) is 8.68. The van der Waals surface area contributed by atoms with Gasteiger partial charge >= 0.3 is 0 Å². The van der Waals surface area contributed by atoms with Crippen LogP contribution in [0.3, 0.4) is 0 Å². The highest BCUT2D eigenvalue weighted by molar-refractivity contribution is 7.90. The van der Waals surface area contributed by atoms with Crippen molar-refractivity contribution >= 4 is 37.7 Å². The lowest BCUT2D eigenvalue weighted by atomic mass is 10.1. The summed E-state index contributed by atoms with van der Waals surface area (Å²) < 4.78 is 33.4. The fourth-order valence-corrected chi connectivity index (χ4v) is 5.07. The average Bonchev–Trinajstić information content (AvgIpc) is 3.42. The third-order valence-corrected chi connectivity index (χ3v) is 6.80. The van der Waals surface area contributed by atoms with E-state index in [0.29, 0.717) is 33.2 Å². The summed E-state index contributed by atoms with van der Waals surface area (Å²) in [5, 5.41) is 11.1. The standard InChI is InChI=1S/C22H16N4O4S/c1-30-16-8-10-20-15(11-16)13-21(26(20)31(28,29)17-5-3-2-4-6-17)22(27)14-7-9-18-19(12-14)24-25-23-18/h2-13H,1H3,(H,23,24,25). The minimum Gasteiger partial charge on any atom is -0.497 e. The summed E-state index contributed by atoms with van der Waals surface area (Å²) >= 11 is 0. The lowest BCUT2D eigenvalue weighted by molar-refractivity contribution is 0.103. The number of nitrogens with one attached hydrogen (secondary N) is 1. The Bertz CT molecular complexity index is 1550. The lowest BCUT2D eigenvalue weighted by Crippen LogP contribution is -2.19. The maximum atomic E-state index is 13.5. The highest BCUT2D eigenvalue weighted by Crippen LogP contribution is 2.30. The number of methoxy groups -OCH3 is 1. The van der Waals surface area contributed by atoms with Gasteiger partial charge in [-0.3, -0.25) is 4.79 Å². The molecular weight excluding hydrogens is 416 g/mol. The largest absolute Gasteiger partial charge is 0.497 e. The van der Waals surface area contributed by atoms with Gasteiger partial charge in [0.25, 0.3) is 10.0 Å². The van der Waals surface area contributed by atoms with Crippen LogP contribution < -0.4 is 4.74 Å². The molecule has 9 heteroatoms. The smallest absolute Gasteiger partial charge is 0.268 e. The number of carbonyl (C=O) groups is 1. The van der Waals surface area contributed by atoms with Crippen molar-refractivity contribution in [3.8, 4) is 5.75 Å². The summed E-state index contributed by atoms with van der Waals surface area (Å²) in [6, 6.07) is 19.4. The number of carbonyl (C=O) groups excluding carboxylic acids is 1. The summed E-state index contributed by atoms with van der Waals surface area (Å²) in [5.41, 5.74) is 1.84. The van der Waals surface area contributed by atoms with Gasteiger partial charge in [0.15, 0.2) is 0 Å². The molecule has 8 nitrogen and oxygen atoms in total. The van der Waals surface area contributed by atoms with Gasteiger partial charge in [0.1, 0.15) is 22.5 Å². The number of benzene rings is 3. The van der Waals surface area contributed by atoms with Crippen molar-refractivity contribution in [2.45, 2.75) is 4.90 Å². The van der Waals surface area contributed by atoms with Crippen molar-refractivity contribution in [3.63, 3.8) is 0 Å². The molecule has 5 rings (SSSR count). The predicted molar refractivity (Wildman–Crippen MR) is 115 cm³/mol. The van der Waals surface area contributed by atoms with Crippen LogP contribution in [0, 0.1) is 0 Å². The van der Waals surface area contributed by atoms with Gasteiger partial charge in [0.2, 0.25) is 5.78 Å². The normalized spacial score (nSPS) is 11.8. The van der Waals surface area contributed by atoms with E-state index in [9.17, 15) is 13.2 Å². The van der Waals surface area contributed by atoms with Gasteiger partial charge in [0.05, 0.1) is 17.5 Å². The Morgan fingerprint density at radius 1 is 0.935 bits per heavy atom. The van der Waals surface area contributed by atoms with Gasteiger partial charge in [-0.25, -0.2) is 12.4 Å². The molecule has 2 heterocycles. The van der Waals surface area contributed by atoms with Crippen LogP contribution in [-0.4, -0.2) is 40.7 Å². The van der Waals surface area contributed by atoms with E-state index in [2.05, 4.69) is 15.4 Å². The number of fused-ring (bicyclic) bond motifs is 2. The highest BCUT2D eigenvalue weighted by atomic mass is 32.2. The fraction of sp³-hybridized carbons (Fsp3) is 0.0455. The zero-order valence-electron chi connectivity index (χ0n) is 16.3. The molecule has 1 N–H and O–H groups in total. The van der Waals surface area contributed by atoms with Crippen LogP contribution in [0.1, 0.15) is 16.1 Å². The molecule has 0 saturated carbocycles. The van der Waals surface area contributed by atoms with Gasteiger partial charge in [0, 0.05) is 10.9 Å². The SMILES string of the molecule is COc1ccc2c(c1)cc(C(=O)c1ccc3n[nH]nc3c1)n2S(=O)(=O)c1ccccc1. The Morgan fingerprint density at radius 2 is 1.71 bits per heavy atom. The number of rotatable bonds is 5. The van der Waals surface area contributed by atoms with Crippen molar-refractivity contribution in [1.82, 2.24) is 19.4 Å². The maximum absolute atomic E-state index is 13.5. The van der Waals surface area contributed by atoms with Crippen molar-refractivity contribution < 1.29 is 17.9 Å². The molecule has 0 aliphatic heterocycles. The van der Waals surface area contributed by atoms with Crippen molar-refractivity contribution in [1.29, 1.82) is 0 Å². The number of aromatic amines is 1. The van der Waals surface area contributed by atoms with Gasteiger partial charge in [-0.15, -0.1) is 0 Å². The summed E-state index contributed by atoms with van der Waals surface area (Å²) in [6.07, 6.45) is 0. The van der Waals surface area contributed by atoms with E-state index in [4.69, 9.17) is 4.74 Å². The minimum absolute atomic E-state index is 0.0231. The molecular formula is C22H16N4O4S. The molecule has 0 aliphatic rings. The molecule has 0 fully saturated rings. The molecule has 154 valence electrons. The van der Waals surface area contributed by atoms with Crippen molar-refractivity contribution in [3.05, 3.63) is 84.1 Å². The Labute approximate surface area is 177 Å². The first-order chi connectivity index (χ1) is 15.0. The number of hydrogen-bond acceptors (Lipinski definition) is 6. The number of ether oxygens (including phenoxy) is 1. The Hall–Kier alpha value is -3.98. The molecule has 0 aliphatic carbocycles. The minimum atomic E-state index is -4.04. The van der Waals surface area contributed by atoms with Crippen LogP contribution in [0.2, 0.25) is 0 Å². The zero-order valence-corrected chi connectivity index (χ0v) is 17.1. The first-order valence-corrected chi connectivity index (χ1v) is 10.8. The van der Waals surface area contributed by atoms with Gasteiger partial charge < -0.3 is 4.74 Å². The van der Waals surface area contributed by atoms with Gasteiger partial charge in [-0.1, -0.05) is 18.2 Å². The predicted octanol–water partition coefficient (Wildman–Crippen LogP) is 3.39. The van der Waals surface area contributed by atoms with Crippen molar-refractivity contribution in [2.75, 3.05) is 7.11 Å². The van der Waals surface area contributed by atoms with Gasteiger partial charge in [-0.2, -0.15) is 15.4 Å². The molecule has 0 bridgehead atoms. The van der Waals surface area contributed by atoms with E-state index in [1.807, 2.05) is 0 Å². The number of ketones is 1. The monoisotopic (exact) mass is 432 g/mol. The second kappa shape index (κ2) is 7.06. The van der Waals surface area contributed by atoms with Crippen molar-refractivity contribution in [2.24, 2.45) is 0 Å². The Kier molecular flexibility index (Phi) is 4.33. The van der Waals surface area contributed by atoms with E-state index < -0.39 is 15.8 Å². The van der Waals surface area contributed by atoms with E-state index in [-0.39, 0.29) is 10.6 Å². The highest BCUT2D eigenvalue weighted by Gasteiger charge is 2.27. The molecule has 0 spiro atoms.